The summed E-state index contributed by atoms with van der Waals surface area (Å²) < 4.78 is 2.37. The van der Waals surface area contributed by atoms with E-state index < -0.39 is 0 Å². The lowest BCUT2D eigenvalue weighted by atomic mass is 10.1. The summed E-state index contributed by atoms with van der Waals surface area (Å²) in [6.45, 7) is 5.12. The zero-order valence-corrected chi connectivity index (χ0v) is 10.1. The molecule has 0 amide bonds. The third kappa shape index (κ3) is 1.98. The van der Waals surface area contributed by atoms with E-state index in [0.29, 0.717) is 6.04 Å². The Morgan fingerprint density at radius 3 is 2.81 bits per heavy atom. The number of fused-ring (bicyclic) bond motifs is 1. The largest absolute Gasteiger partial charge is 0.344 e. The van der Waals surface area contributed by atoms with Gasteiger partial charge in [-0.2, -0.15) is 0 Å². The molecule has 86 valence electrons. The highest BCUT2D eigenvalue weighted by Gasteiger charge is 2.10. The fourth-order valence-electron chi connectivity index (χ4n) is 2.31. The van der Waals surface area contributed by atoms with Gasteiger partial charge in [-0.1, -0.05) is 19.1 Å². The fourth-order valence-corrected chi connectivity index (χ4v) is 2.31. The Bertz CT molecular complexity index is 471. The molecule has 2 rings (SSSR count). The van der Waals surface area contributed by atoms with Gasteiger partial charge >= 0.3 is 0 Å². The van der Waals surface area contributed by atoms with Crippen LogP contribution in [-0.4, -0.2) is 11.1 Å². The van der Waals surface area contributed by atoms with Crippen molar-refractivity contribution >= 4 is 10.9 Å². The van der Waals surface area contributed by atoms with Gasteiger partial charge in [0.25, 0.3) is 0 Å². The van der Waals surface area contributed by atoms with E-state index in [1.54, 1.807) is 0 Å². The van der Waals surface area contributed by atoms with Crippen LogP contribution >= 0.6 is 0 Å². The van der Waals surface area contributed by atoms with Crippen LogP contribution < -0.4 is 5.73 Å². The SMILES string of the molecule is CCC(CCN)n1ccc2ccc(C)cc21. The summed E-state index contributed by atoms with van der Waals surface area (Å²) in [6, 6.07) is 9.33. The van der Waals surface area contributed by atoms with Crippen molar-refractivity contribution in [2.24, 2.45) is 5.73 Å². The molecule has 0 saturated carbocycles. The summed E-state index contributed by atoms with van der Waals surface area (Å²) in [6.07, 6.45) is 4.37. The first kappa shape index (κ1) is 11.2. The van der Waals surface area contributed by atoms with Gasteiger partial charge in [-0.05, 0) is 49.4 Å². The van der Waals surface area contributed by atoms with E-state index in [-0.39, 0.29) is 0 Å². The number of rotatable bonds is 4. The third-order valence-electron chi connectivity index (χ3n) is 3.24. The molecule has 0 radical (unpaired) electrons. The van der Waals surface area contributed by atoms with Gasteiger partial charge in [-0.3, -0.25) is 0 Å². The summed E-state index contributed by atoms with van der Waals surface area (Å²) >= 11 is 0. The van der Waals surface area contributed by atoms with Crippen molar-refractivity contribution in [1.82, 2.24) is 4.57 Å². The van der Waals surface area contributed by atoms with E-state index in [0.717, 1.165) is 19.4 Å². The van der Waals surface area contributed by atoms with Crippen LogP contribution in [0.15, 0.2) is 30.5 Å². The summed E-state index contributed by atoms with van der Waals surface area (Å²) in [7, 11) is 0. The number of nitrogens with zero attached hydrogens (tertiary/aromatic N) is 1. The number of nitrogens with two attached hydrogens (primary N) is 1. The van der Waals surface area contributed by atoms with Crippen LogP contribution in [0.25, 0.3) is 10.9 Å². The molecule has 0 aliphatic carbocycles. The van der Waals surface area contributed by atoms with E-state index in [1.165, 1.54) is 16.5 Å². The van der Waals surface area contributed by atoms with Crippen LogP contribution in [-0.2, 0) is 0 Å². The number of aromatic nitrogens is 1. The molecule has 0 spiro atoms. The molecule has 2 aromatic rings. The van der Waals surface area contributed by atoms with E-state index in [2.05, 4.69) is 48.9 Å². The Morgan fingerprint density at radius 2 is 2.12 bits per heavy atom. The van der Waals surface area contributed by atoms with E-state index in [4.69, 9.17) is 5.73 Å². The summed E-state index contributed by atoms with van der Waals surface area (Å²) in [5.74, 6) is 0. The zero-order valence-electron chi connectivity index (χ0n) is 10.1. The van der Waals surface area contributed by atoms with Gasteiger partial charge < -0.3 is 10.3 Å². The lowest BCUT2D eigenvalue weighted by Crippen LogP contribution is -2.12. The monoisotopic (exact) mass is 216 g/mol. The molecule has 1 aromatic heterocycles. The van der Waals surface area contributed by atoms with Crippen molar-refractivity contribution in [3.05, 3.63) is 36.0 Å². The molecular weight excluding hydrogens is 196 g/mol. The topological polar surface area (TPSA) is 30.9 Å². The summed E-state index contributed by atoms with van der Waals surface area (Å²) in [4.78, 5) is 0. The molecule has 0 fully saturated rings. The highest BCUT2D eigenvalue weighted by Crippen LogP contribution is 2.24. The maximum atomic E-state index is 5.67. The molecule has 0 aliphatic heterocycles. The first-order valence-corrected chi connectivity index (χ1v) is 6.03. The minimum Gasteiger partial charge on any atom is -0.344 e. The average molecular weight is 216 g/mol. The molecule has 0 aliphatic rings. The molecule has 0 saturated heterocycles. The molecular formula is C14H20N2. The Labute approximate surface area is 97.1 Å². The second-order valence-electron chi connectivity index (χ2n) is 4.42. The Hall–Kier alpha value is -1.28. The molecule has 2 N–H and O–H groups in total. The Kier molecular flexibility index (Phi) is 3.30. The van der Waals surface area contributed by atoms with Crippen LogP contribution in [0.4, 0.5) is 0 Å². The lowest BCUT2D eigenvalue weighted by molar-refractivity contribution is 0.471. The maximum Gasteiger partial charge on any atom is 0.0485 e. The van der Waals surface area contributed by atoms with Gasteiger partial charge in [0.1, 0.15) is 0 Å². The first-order valence-electron chi connectivity index (χ1n) is 6.03. The summed E-state index contributed by atoms with van der Waals surface area (Å²) in [5.41, 5.74) is 8.32. The second kappa shape index (κ2) is 4.71. The van der Waals surface area contributed by atoms with Crippen molar-refractivity contribution in [2.75, 3.05) is 6.54 Å². The van der Waals surface area contributed by atoms with Gasteiger partial charge in [0.2, 0.25) is 0 Å². The van der Waals surface area contributed by atoms with Gasteiger partial charge in [0.15, 0.2) is 0 Å². The molecule has 1 heterocycles. The minimum absolute atomic E-state index is 0.532. The smallest absolute Gasteiger partial charge is 0.0485 e. The lowest BCUT2D eigenvalue weighted by Gasteiger charge is -2.17. The molecule has 1 unspecified atom stereocenters. The quantitative estimate of drug-likeness (QED) is 0.835. The predicted molar refractivity (Wildman–Crippen MR) is 69.7 cm³/mol. The first-order chi connectivity index (χ1) is 7.76. The van der Waals surface area contributed by atoms with Crippen molar-refractivity contribution < 1.29 is 0 Å². The standard InChI is InChI=1S/C14H20N2/c1-3-13(6-8-15)16-9-7-12-5-4-11(2)10-14(12)16/h4-5,7,9-10,13H,3,6,8,15H2,1-2H3. The third-order valence-corrected chi connectivity index (χ3v) is 3.24. The molecule has 0 bridgehead atoms. The minimum atomic E-state index is 0.532. The molecule has 2 heteroatoms. The predicted octanol–water partition coefficient (Wildman–Crippen LogP) is 3.25. The number of benzene rings is 1. The van der Waals surface area contributed by atoms with Crippen LogP contribution in [0, 0.1) is 6.92 Å². The van der Waals surface area contributed by atoms with Crippen LogP contribution in [0.1, 0.15) is 31.4 Å². The van der Waals surface area contributed by atoms with E-state index in [1.807, 2.05) is 0 Å². The van der Waals surface area contributed by atoms with Crippen molar-refractivity contribution in [3.8, 4) is 0 Å². The number of aryl methyl sites for hydroxylation is 1. The van der Waals surface area contributed by atoms with Crippen molar-refractivity contribution in [1.29, 1.82) is 0 Å². The highest BCUT2D eigenvalue weighted by atomic mass is 15.0. The molecule has 2 nitrogen and oxygen atoms in total. The average Bonchev–Trinajstić information content (AvgIpc) is 2.69. The fraction of sp³-hybridized carbons (Fsp3) is 0.429. The van der Waals surface area contributed by atoms with Crippen LogP contribution in [0.5, 0.6) is 0 Å². The van der Waals surface area contributed by atoms with Crippen molar-refractivity contribution in [2.45, 2.75) is 32.7 Å². The Balaban J connectivity index is 2.46. The molecule has 16 heavy (non-hydrogen) atoms. The van der Waals surface area contributed by atoms with E-state index >= 15 is 0 Å². The van der Waals surface area contributed by atoms with Gasteiger partial charge in [-0.25, -0.2) is 0 Å². The summed E-state index contributed by atoms with van der Waals surface area (Å²) in [5, 5.41) is 1.32. The normalized spacial score (nSPS) is 13.2. The zero-order chi connectivity index (χ0) is 11.5. The number of hydrogen-bond acceptors (Lipinski definition) is 1. The van der Waals surface area contributed by atoms with Crippen LogP contribution in [0.3, 0.4) is 0 Å². The van der Waals surface area contributed by atoms with E-state index in [9.17, 15) is 0 Å². The highest BCUT2D eigenvalue weighted by molar-refractivity contribution is 5.80. The van der Waals surface area contributed by atoms with Gasteiger partial charge in [0, 0.05) is 17.8 Å². The van der Waals surface area contributed by atoms with Crippen molar-refractivity contribution in [3.63, 3.8) is 0 Å². The number of hydrogen-bond donors (Lipinski definition) is 1. The van der Waals surface area contributed by atoms with Gasteiger partial charge in [0.05, 0.1) is 0 Å². The Morgan fingerprint density at radius 1 is 1.31 bits per heavy atom. The van der Waals surface area contributed by atoms with Crippen LogP contribution in [0.2, 0.25) is 0 Å². The molecule has 1 atom stereocenters. The van der Waals surface area contributed by atoms with Gasteiger partial charge in [-0.15, -0.1) is 0 Å². The molecule has 1 aromatic carbocycles. The maximum absolute atomic E-state index is 5.67. The second-order valence-corrected chi connectivity index (χ2v) is 4.42.